The third kappa shape index (κ3) is 4.27. The summed E-state index contributed by atoms with van der Waals surface area (Å²) in [5.74, 6) is 0.126. The van der Waals surface area contributed by atoms with Crippen molar-refractivity contribution in [2.45, 2.75) is 6.54 Å². The third-order valence-corrected chi connectivity index (χ3v) is 6.09. The van der Waals surface area contributed by atoms with Crippen molar-refractivity contribution < 1.29 is 14.3 Å². The van der Waals surface area contributed by atoms with E-state index in [0.29, 0.717) is 28.7 Å². The standard InChI is InChI=1S/C22H24N6O3S/c1-23-8-9-27(2)19-6-7-24-11-17(19)25-20(29)18-13-32-22(26-18)28-12-14-4-5-15(31-3)10-16(14)21(28)30/h4-7,10-11,13,23H,8-9,12H2,1-3H3,(H,25,29). The topological polar surface area (TPSA) is 99.7 Å². The molecule has 166 valence electrons. The number of benzene rings is 1. The van der Waals surface area contributed by atoms with Gasteiger partial charge in [0.25, 0.3) is 11.8 Å². The fourth-order valence-corrected chi connectivity index (χ4v) is 4.26. The first kappa shape index (κ1) is 21.7. The number of rotatable bonds is 8. The van der Waals surface area contributed by atoms with Crippen molar-refractivity contribution >= 4 is 39.7 Å². The van der Waals surface area contributed by atoms with E-state index in [1.54, 1.807) is 35.8 Å². The zero-order chi connectivity index (χ0) is 22.7. The van der Waals surface area contributed by atoms with Crippen molar-refractivity contribution in [3.05, 3.63) is 58.9 Å². The smallest absolute Gasteiger partial charge is 0.275 e. The van der Waals surface area contributed by atoms with Crippen LogP contribution < -0.4 is 25.2 Å². The number of nitrogens with one attached hydrogen (secondary N) is 2. The summed E-state index contributed by atoms with van der Waals surface area (Å²) in [5.41, 5.74) is 3.20. The van der Waals surface area contributed by atoms with Gasteiger partial charge in [0, 0.05) is 37.3 Å². The second-order valence-electron chi connectivity index (χ2n) is 7.30. The quantitative estimate of drug-likeness (QED) is 0.542. The fraction of sp³-hybridized carbons (Fsp3) is 0.273. The van der Waals surface area contributed by atoms with Gasteiger partial charge in [-0.15, -0.1) is 11.3 Å². The lowest BCUT2D eigenvalue weighted by Crippen LogP contribution is -2.28. The highest BCUT2D eigenvalue weighted by molar-refractivity contribution is 7.14. The molecule has 3 aromatic rings. The molecule has 0 fully saturated rings. The maximum absolute atomic E-state index is 12.9. The lowest BCUT2D eigenvalue weighted by molar-refractivity contribution is 0.0991. The normalized spacial score (nSPS) is 12.6. The summed E-state index contributed by atoms with van der Waals surface area (Å²) in [5, 5.41) is 8.13. The Morgan fingerprint density at radius 1 is 1.34 bits per heavy atom. The summed E-state index contributed by atoms with van der Waals surface area (Å²) in [6.07, 6.45) is 3.30. The molecule has 4 rings (SSSR count). The van der Waals surface area contributed by atoms with Gasteiger partial charge in [0.15, 0.2) is 5.13 Å². The zero-order valence-corrected chi connectivity index (χ0v) is 18.9. The molecule has 0 spiro atoms. The number of hydrogen-bond acceptors (Lipinski definition) is 8. The number of methoxy groups -OCH3 is 1. The van der Waals surface area contributed by atoms with E-state index in [9.17, 15) is 9.59 Å². The van der Waals surface area contributed by atoms with Gasteiger partial charge in [-0.3, -0.25) is 19.5 Å². The Labute approximate surface area is 190 Å². The molecule has 32 heavy (non-hydrogen) atoms. The van der Waals surface area contributed by atoms with Gasteiger partial charge >= 0.3 is 0 Å². The molecule has 3 heterocycles. The Morgan fingerprint density at radius 3 is 2.97 bits per heavy atom. The molecule has 2 aromatic heterocycles. The molecule has 1 aliphatic heterocycles. The van der Waals surface area contributed by atoms with Crippen LogP contribution in [-0.2, 0) is 6.54 Å². The number of amides is 2. The van der Waals surface area contributed by atoms with Gasteiger partial charge in [-0.05, 0) is 30.8 Å². The fourth-order valence-electron chi connectivity index (χ4n) is 3.46. The number of likely N-dealkylation sites (N-methyl/N-ethyl adjacent to an activating group) is 2. The summed E-state index contributed by atoms with van der Waals surface area (Å²) in [6, 6.07) is 7.29. The van der Waals surface area contributed by atoms with Crippen LogP contribution in [0.3, 0.4) is 0 Å². The Kier molecular flexibility index (Phi) is 6.33. The highest BCUT2D eigenvalue weighted by Crippen LogP contribution is 2.33. The molecule has 9 nitrogen and oxygen atoms in total. The number of hydrogen-bond donors (Lipinski definition) is 2. The van der Waals surface area contributed by atoms with Gasteiger partial charge in [0.2, 0.25) is 0 Å². The summed E-state index contributed by atoms with van der Waals surface area (Å²) < 4.78 is 5.22. The minimum atomic E-state index is -0.352. The van der Waals surface area contributed by atoms with Gasteiger partial charge in [-0.2, -0.15) is 0 Å². The van der Waals surface area contributed by atoms with Gasteiger partial charge in [-0.25, -0.2) is 4.98 Å². The van der Waals surface area contributed by atoms with Crippen molar-refractivity contribution in [1.29, 1.82) is 0 Å². The van der Waals surface area contributed by atoms with Crippen LogP contribution in [0.5, 0.6) is 5.75 Å². The number of carbonyl (C=O) groups is 2. The zero-order valence-electron chi connectivity index (χ0n) is 18.1. The number of fused-ring (bicyclic) bond motifs is 1. The summed E-state index contributed by atoms with van der Waals surface area (Å²) in [7, 11) is 5.41. The first-order valence-corrected chi connectivity index (χ1v) is 10.9. The van der Waals surface area contributed by atoms with Crippen LogP contribution >= 0.6 is 11.3 Å². The Balaban J connectivity index is 1.49. The molecule has 10 heteroatoms. The van der Waals surface area contributed by atoms with Crippen molar-refractivity contribution in [2.24, 2.45) is 0 Å². The number of pyridine rings is 1. The Bertz CT molecular complexity index is 1150. The highest BCUT2D eigenvalue weighted by atomic mass is 32.1. The highest BCUT2D eigenvalue weighted by Gasteiger charge is 2.31. The van der Waals surface area contributed by atoms with Crippen LogP contribution in [0.15, 0.2) is 42.0 Å². The average Bonchev–Trinajstić information content (AvgIpc) is 3.42. The first-order valence-electron chi connectivity index (χ1n) is 10.1. The second-order valence-corrected chi connectivity index (χ2v) is 8.14. The molecular formula is C22H24N6O3S. The molecule has 0 bridgehead atoms. The molecule has 0 saturated carbocycles. The van der Waals surface area contributed by atoms with Crippen LogP contribution in [0.4, 0.5) is 16.5 Å². The lowest BCUT2D eigenvalue weighted by Gasteiger charge is -2.22. The maximum atomic E-state index is 12.9. The van der Waals surface area contributed by atoms with E-state index < -0.39 is 0 Å². The molecule has 0 radical (unpaired) electrons. The largest absolute Gasteiger partial charge is 0.497 e. The number of carbonyl (C=O) groups excluding carboxylic acids is 2. The van der Waals surface area contributed by atoms with E-state index in [1.807, 2.05) is 37.2 Å². The predicted octanol–water partition coefficient (Wildman–Crippen LogP) is 2.62. The molecule has 0 unspecified atom stereocenters. The number of anilines is 3. The van der Waals surface area contributed by atoms with Crippen molar-refractivity contribution in [1.82, 2.24) is 15.3 Å². The molecular weight excluding hydrogens is 428 g/mol. The van der Waals surface area contributed by atoms with Crippen LogP contribution in [0, 0.1) is 0 Å². The lowest BCUT2D eigenvalue weighted by atomic mass is 10.1. The van der Waals surface area contributed by atoms with Crippen molar-refractivity contribution in [3.63, 3.8) is 0 Å². The third-order valence-electron chi connectivity index (χ3n) is 5.23. The molecule has 1 aromatic carbocycles. The molecule has 1 aliphatic rings. The number of nitrogens with zero attached hydrogens (tertiary/aromatic N) is 4. The first-order chi connectivity index (χ1) is 15.5. The van der Waals surface area contributed by atoms with E-state index in [2.05, 4.69) is 20.6 Å². The SMILES string of the molecule is CNCCN(C)c1ccncc1NC(=O)c1csc(N2Cc3ccc(OC)cc3C2=O)n1. The van der Waals surface area contributed by atoms with Crippen LogP contribution in [-0.4, -0.2) is 56.1 Å². The van der Waals surface area contributed by atoms with Crippen LogP contribution in [0.2, 0.25) is 0 Å². The molecule has 2 N–H and O–H groups in total. The van der Waals surface area contributed by atoms with Gasteiger partial charge in [0.1, 0.15) is 11.4 Å². The Morgan fingerprint density at radius 2 is 2.19 bits per heavy atom. The number of ether oxygens (including phenoxy) is 1. The maximum Gasteiger partial charge on any atom is 0.275 e. The summed E-state index contributed by atoms with van der Waals surface area (Å²) in [4.78, 5) is 37.9. The summed E-state index contributed by atoms with van der Waals surface area (Å²) in [6.45, 7) is 1.99. The second kappa shape index (κ2) is 9.33. The molecule has 0 aliphatic carbocycles. The van der Waals surface area contributed by atoms with E-state index in [1.165, 1.54) is 11.3 Å². The molecule has 2 amide bonds. The van der Waals surface area contributed by atoms with E-state index in [4.69, 9.17) is 4.74 Å². The van der Waals surface area contributed by atoms with Gasteiger partial charge in [0.05, 0.1) is 31.2 Å². The minimum absolute atomic E-state index is 0.152. The van der Waals surface area contributed by atoms with Gasteiger partial charge in [-0.1, -0.05) is 6.07 Å². The van der Waals surface area contributed by atoms with Crippen LogP contribution in [0.1, 0.15) is 26.4 Å². The predicted molar refractivity (Wildman–Crippen MR) is 125 cm³/mol. The van der Waals surface area contributed by atoms with Crippen LogP contribution in [0.25, 0.3) is 0 Å². The van der Waals surface area contributed by atoms with E-state index in [-0.39, 0.29) is 17.5 Å². The summed E-state index contributed by atoms with van der Waals surface area (Å²) >= 11 is 1.26. The van der Waals surface area contributed by atoms with Gasteiger partial charge < -0.3 is 20.3 Å². The average molecular weight is 453 g/mol. The molecule has 0 atom stereocenters. The monoisotopic (exact) mass is 452 g/mol. The molecule has 0 saturated heterocycles. The number of thiazole rings is 1. The Hall–Kier alpha value is -3.50. The minimum Gasteiger partial charge on any atom is -0.497 e. The van der Waals surface area contributed by atoms with Crippen molar-refractivity contribution in [2.75, 3.05) is 49.4 Å². The number of aromatic nitrogens is 2. The van der Waals surface area contributed by atoms with Crippen molar-refractivity contribution in [3.8, 4) is 5.75 Å². The van der Waals surface area contributed by atoms with E-state index >= 15 is 0 Å². The van der Waals surface area contributed by atoms with E-state index in [0.717, 1.165) is 24.3 Å².